The van der Waals surface area contributed by atoms with Gasteiger partial charge >= 0.3 is 0 Å². The van der Waals surface area contributed by atoms with E-state index in [0.717, 1.165) is 55.9 Å². The van der Waals surface area contributed by atoms with Crippen LogP contribution in [0.5, 0.6) is 0 Å². The fourth-order valence-electron chi connectivity index (χ4n) is 5.59. The maximum atomic E-state index is 6.44. The summed E-state index contributed by atoms with van der Waals surface area (Å²) in [6.07, 6.45) is -0.335. The van der Waals surface area contributed by atoms with E-state index >= 15 is 0 Å². The van der Waals surface area contributed by atoms with Crippen molar-refractivity contribution >= 4 is 44.4 Å². The lowest BCUT2D eigenvalue weighted by atomic mass is 10.00. The van der Waals surface area contributed by atoms with E-state index in [1.807, 2.05) is 36.4 Å². The molecule has 4 heteroatoms. The normalized spacial score (nSPS) is 15.1. The fourth-order valence-corrected chi connectivity index (χ4v) is 5.59. The monoisotopic (exact) mass is 527 g/mol. The Morgan fingerprint density at radius 3 is 1.78 bits per heavy atom. The fraction of sp³-hybridized carbons (Fsp3) is 0.0270. The molecule has 1 aromatic heterocycles. The average molecular weight is 528 g/mol. The smallest absolute Gasteiger partial charge is 0.169 e. The Morgan fingerprint density at radius 2 is 1.02 bits per heavy atom. The molecule has 0 amide bonds. The first-order valence-electron chi connectivity index (χ1n) is 13.8. The molecule has 4 nitrogen and oxygen atoms in total. The first-order chi connectivity index (χ1) is 20.3. The molecule has 0 radical (unpaired) electrons. The van der Waals surface area contributed by atoms with Crippen molar-refractivity contribution < 1.29 is 4.42 Å². The van der Waals surface area contributed by atoms with Gasteiger partial charge in [0.05, 0.1) is 0 Å². The molecule has 194 valence electrons. The Hall–Kier alpha value is -5.48. The number of nitrogens with one attached hydrogen (secondary N) is 1. The van der Waals surface area contributed by atoms with Crippen LogP contribution in [0.4, 0.5) is 0 Å². The second-order valence-electron chi connectivity index (χ2n) is 10.3. The van der Waals surface area contributed by atoms with Gasteiger partial charge in [0.25, 0.3) is 0 Å². The predicted molar refractivity (Wildman–Crippen MR) is 168 cm³/mol. The number of furan rings is 1. The Kier molecular flexibility index (Phi) is 5.49. The number of aliphatic imine (C=N–C) groups is 2. The van der Waals surface area contributed by atoms with Gasteiger partial charge in [0.2, 0.25) is 0 Å². The summed E-state index contributed by atoms with van der Waals surface area (Å²) < 4.78 is 6.44. The maximum Gasteiger partial charge on any atom is 0.169 e. The van der Waals surface area contributed by atoms with Crippen LogP contribution in [0.2, 0.25) is 0 Å². The first-order valence-corrected chi connectivity index (χ1v) is 13.8. The zero-order chi connectivity index (χ0) is 27.2. The Balaban J connectivity index is 1.19. The Labute approximate surface area is 237 Å². The molecule has 0 aliphatic carbocycles. The van der Waals surface area contributed by atoms with E-state index in [4.69, 9.17) is 14.4 Å². The third kappa shape index (κ3) is 4.26. The van der Waals surface area contributed by atoms with Gasteiger partial charge in [-0.25, -0.2) is 9.98 Å². The van der Waals surface area contributed by atoms with Crippen molar-refractivity contribution in [3.63, 3.8) is 0 Å². The average Bonchev–Trinajstić information content (AvgIpc) is 3.42. The molecule has 1 aliphatic heterocycles. The number of fused-ring (bicyclic) bond motifs is 4. The summed E-state index contributed by atoms with van der Waals surface area (Å²) in [7, 11) is 0. The summed E-state index contributed by atoms with van der Waals surface area (Å²) in [4.78, 5) is 9.96. The first kappa shape index (κ1) is 23.4. The molecule has 0 spiro atoms. The molecule has 1 unspecified atom stereocenters. The van der Waals surface area contributed by atoms with Gasteiger partial charge in [-0.15, -0.1) is 0 Å². The molecular weight excluding hydrogens is 502 g/mol. The third-order valence-electron chi connectivity index (χ3n) is 7.71. The van der Waals surface area contributed by atoms with Crippen molar-refractivity contribution in [3.8, 4) is 11.1 Å². The van der Waals surface area contributed by atoms with E-state index in [0.29, 0.717) is 0 Å². The zero-order valence-corrected chi connectivity index (χ0v) is 22.2. The van der Waals surface area contributed by atoms with E-state index in [-0.39, 0.29) is 6.17 Å². The predicted octanol–water partition coefficient (Wildman–Crippen LogP) is 8.90. The summed E-state index contributed by atoms with van der Waals surface area (Å²) in [5.74, 6) is 1.57. The summed E-state index contributed by atoms with van der Waals surface area (Å²) in [6, 6.07) is 48.2. The molecule has 0 saturated carbocycles. The number of hydrogen-bond donors (Lipinski definition) is 1. The molecule has 1 aliphatic rings. The van der Waals surface area contributed by atoms with Crippen molar-refractivity contribution in [3.05, 3.63) is 156 Å². The molecular formula is C37H25N3O. The van der Waals surface area contributed by atoms with Crippen LogP contribution in [0.1, 0.15) is 22.9 Å². The lowest BCUT2D eigenvalue weighted by Crippen LogP contribution is -2.36. The minimum absolute atomic E-state index is 0.335. The van der Waals surface area contributed by atoms with Crippen molar-refractivity contribution in [2.45, 2.75) is 6.17 Å². The van der Waals surface area contributed by atoms with Crippen LogP contribution in [0.3, 0.4) is 0 Å². The van der Waals surface area contributed by atoms with Crippen LogP contribution in [-0.2, 0) is 0 Å². The molecule has 6 aromatic carbocycles. The van der Waals surface area contributed by atoms with E-state index in [1.165, 1.54) is 16.3 Å². The number of benzene rings is 6. The SMILES string of the molecule is c1ccc(C2=NC(c3ccccc3)N=C(c3ccc4c(c3)oc3cc(-c5ccc6ccccc6c5)ccc34)N2)cc1. The minimum Gasteiger partial charge on any atom is -0.456 e. The van der Waals surface area contributed by atoms with Crippen LogP contribution in [0, 0.1) is 0 Å². The van der Waals surface area contributed by atoms with Gasteiger partial charge in [0, 0.05) is 21.9 Å². The van der Waals surface area contributed by atoms with Gasteiger partial charge in [0.1, 0.15) is 22.8 Å². The standard InChI is InChI=1S/C37H25N3O/c1-3-10-25(11-4-1)35-38-36(26-12-5-2-6-13-26)40-37(39-35)30-18-20-32-31-19-17-29(22-33(31)41-34(32)23-30)28-16-15-24-9-7-8-14-27(24)21-28/h1-23,35H,(H,38,39,40). The summed E-state index contributed by atoms with van der Waals surface area (Å²) in [6.45, 7) is 0. The highest BCUT2D eigenvalue weighted by molar-refractivity contribution is 6.17. The quantitative estimate of drug-likeness (QED) is 0.248. The molecule has 8 rings (SSSR count). The zero-order valence-electron chi connectivity index (χ0n) is 22.2. The lowest BCUT2D eigenvalue weighted by Gasteiger charge is -2.22. The highest BCUT2D eigenvalue weighted by atomic mass is 16.3. The van der Waals surface area contributed by atoms with Gasteiger partial charge < -0.3 is 9.73 Å². The molecule has 0 fully saturated rings. The van der Waals surface area contributed by atoms with Gasteiger partial charge in [-0.2, -0.15) is 0 Å². The van der Waals surface area contributed by atoms with E-state index < -0.39 is 0 Å². The lowest BCUT2D eigenvalue weighted by molar-refractivity contribution is 0.669. The van der Waals surface area contributed by atoms with Gasteiger partial charge in [0.15, 0.2) is 6.17 Å². The Morgan fingerprint density at radius 1 is 0.463 bits per heavy atom. The van der Waals surface area contributed by atoms with E-state index in [2.05, 4.69) is 108 Å². The highest BCUT2D eigenvalue weighted by Gasteiger charge is 2.21. The van der Waals surface area contributed by atoms with Crippen molar-refractivity contribution in [2.24, 2.45) is 9.98 Å². The van der Waals surface area contributed by atoms with Crippen molar-refractivity contribution in [1.82, 2.24) is 5.32 Å². The van der Waals surface area contributed by atoms with Crippen LogP contribution in [0.25, 0.3) is 43.8 Å². The number of hydrogen-bond acceptors (Lipinski definition) is 4. The van der Waals surface area contributed by atoms with E-state index in [9.17, 15) is 0 Å². The van der Waals surface area contributed by atoms with Gasteiger partial charge in [-0.1, -0.05) is 109 Å². The summed E-state index contributed by atoms with van der Waals surface area (Å²) in [5.41, 5.74) is 7.03. The minimum atomic E-state index is -0.335. The molecule has 41 heavy (non-hydrogen) atoms. The van der Waals surface area contributed by atoms with E-state index in [1.54, 1.807) is 0 Å². The van der Waals surface area contributed by atoms with Crippen LogP contribution < -0.4 is 5.32 Å². The second-order valence-corrected chi connectivity index (χ2v) is 10.3. The molecule has 0 saturated heterocycles. The number of rotatable bonds is 4. The van der Waals surface area contributed by atoms with Gasteiger partial charge in [-0.3, -0.25) is 0 Å². The molecule has 2 heterocycles. The number of nitrogens with zero attached hydrogens (tertiary/aromatic N) is 2. The molecule has 1 N–H and O–H groups in total. The van der Waals surface area contributed by atoms with Crippen LogP contribution in [0.15, 0.2) is 154 Å². The largest absolute Gasteiger partial charge is 0.456 e. The second kappa shape index (κ2) is 9.61. The molecule has 1 atom stereocenters. The van der Waals surface area contributed by atoms with Crippen molar-refractivity contribution in [2.75, 3.05) is 0 Å². The van der Waals surface area contributed by atoms with Crippen LogP contribution >= 0.6 is 0 Å². The maximum absolute atomic E-state index is 6.44. The Bertz CT molecular complexity index is 2120. The third-order valence-corrected chi connectivity index (χ3v) is 7.71. The van der Waals surface area contributed by atoms with Gasteiger partial charge in [-0.05, 0) is 57.8 Å². The summed E-state index contributed by atoms with van der Waals surface area (Å²) >= 11 is 0. The summed E-state index contributed by atoms with van der Waals surface area (Å²) in [5, 5.41) is 8.14. The molecule has 0 bridgehead atoms. The number of amidine groups is 2. The highest BCUT2D eigenvalue weighted by Crippen LogP contribution is 2.34. The topological polar surface area (TPSA) is 49.9 Å². The molecule has 7 aromatic rings. The van der Waals surface area contributed by atoms with Crippen LogP contribution in [-0.4, -0.2) is 11.7 Å². The van der Waals surface area contributed by atoms with Crippen molar-refractivity contribution in [1.29, 1.82) is 0 Å².